The summed E-state index contributed by atoms with van der Waals surface area (Å²) in [5, 5.41) is 11.8. The van der Waals surface area contributed by atoms with Crippen molar-refractivity contribution in [2.45, 2.75) is 18.9 Å². The smallest absolute Gasteiger partial charge is 0.213 e. The molecule has 0 spiro atoms. The zero-order chi connectivity index (χ0) is 11.4. The van der Waals surface area contributed by atoms with Crippen LogP contribution in [0.5, 0.6) is 5.88 Å². The minimum absolute atomic E-state index is 0.291. The van der Waals surface area contributed by atoms with Gasteiger partial charge in [-0.3, -0.25) is 0 Å². The predicted octanol–water partition coefficient (Wildman–Crippen LogP) is 1.33. The van der Waals surface area contributed by atoms with E-state index in [1.807, 2.05) is 13.1 Å². The van der Waals surface area contributed by atoms with E-state index in [0.717, 1.165) is 25.3 Å². The molecule has 4 heteroatoms. The first-order valence-corrected chi connectivity index (χ1v) is 5.49. The molecule has 1 heterocycles. The van der Waals surface area contributed by atoms with Crippen molar-refractivity contribution in [3.8, 4) is 11.9 Å². The molecule has 4 nitrogen and oxygen atoms in total. The molecule has 0 amide bonds. The molecular weight excluding hydrogens is 202 g/mol. The highest BCUT2D eigenvalue weighted by Gasteiger charge is 2.30. The summed E-state index contributed by atoms with van der Waals surface area (Å²) in [6.07, 6.45) is 4.00. The molecule has 1 aliphatic carbocycles. The van der Waals surface area contributed by atoms with Crippen molar-refractivity contribution in [2.75, 3.05) is 13.6 Å². The summed E-state index contributed by atoms with van der Waals surface area (Å²) < 4.78 is 5.68. The third-order valence-corrected chi connectivity index (χ3v) is 2.84. The maximum Gasteiger partial charge on any atom is 0.213 e. The Bertz CT molecular complexity index is 376. The van der Waals surface area contributed by atoms with Gasteiger partial charge in [0.05, 0.1) is 5.56 Å². The summed E-state index contributed by atoms with van der Waals surface area (Å²) in [6.45, 7) is 1.06. The van der Waals surface area contributed by atoms with Crippen molar-refractivity contribution in [2.24, 2.45) is 5.92 Å². The van der Waals surface area contributed by atoms with Crippen molar-refractivity contribution in [3.05, 3.63) is 23.9 Å². The quantitative estimate of drug-likeness (QED) is 0.826. The van der Waals surface area contributed by atoms with Gasteiger partial charge in [0.25, 0.3) is 0 Å². The van der Waals surface area contributed by atoms with Gasteiger partial charge in [0.2, 0.25) is 5.88 Å². The zero-order valence-corrected chi connectivity index (χ0v) is 9.31. The Morgan fingerprint density at radius 1 is 1.56 bits per heavy atom. The van der Waals surface area contributed by atoms with Crippen LogP contribution in [0, 0.1) is 17.2 Å². The predicted molar refractivity (Wildman–Crippen MR) is 60.0 cm³/mol. The van der Waals surface area contributed by atoms with Crippen LogP contribution in [-0.4, -0.2) is 24.7 Å². The van der Waals surface area contributed by atoms with E-state index in [1.54, 1.807) is 18.3 Å². The first-order chi connectivity index (χ1) is 7.81. The van der Waals surface area contributed by atoms with E-state index in [2.05, 4.69) is 10.3 Å². The largest absolute Gasteiger partial charge is 0.474 e. The van der Waals surface area contributed by atoms with E-state index < -0.39 is 0 Å². The molecule has 1 aromatic rings. The molecule has 0 radical (unpaired) electrons. The first-order valence-electron chi connectivity index (χ1n) is 5.49. The SMILES string of the molecule is CNCC1CC(Oc2ccc(C#N)cn2)C1. The highest BCUT2D eigenvalue weighted by molar-refractivity contribution is 5.28. The highest BCUT2D eigenvalue weighted by Crippen LogP contribution is 2.30. The molecular formula is C12H15N3O. The fourth-order valence-corrected chi connectivity index (χ4v) is 1.91. The van der Waals surface area contributed by atoms with Crippen LogP contribution in [0.1, 0.15) is 18.4 Å². The van der Waals surface area contributed by atoms with Gasteiger partial charge in [-0.2, -0.15) is 5.26 Å². The third-order valence-electron chi connectivity index (χ3n) is 2.84. The van der Waals surface area contributed by atoms with E-state index in [-0.39, 0.29) is 0 Å². The van der Waals surface area contributed by atoms with Crippen molar-refractivity contribution in [1.82, 2.24) is 10.3 Å². The van der Waals surface area contributed by atoms with E-state index in [1.165, 1.54) is 0 Å². The molecule has 84 valence electrons. The van der Waals surface area contributed by atoms with Gasteiger partial charge in [-0.25, -0.2) is 4.98 Å². The van der Waals surface area contributed by atoms with Crippen molar-refractivity contribution in [3.63, 3.8) is 0 Å². The lowest BCUT2D eigenvalue weighted by atomic mass is 9.82. The molecule has 0 saturated heterocycles. The van der Waals surface area contributed by atoms with Crippen LogP contribution in [0.3, 0.4) is 0 Å². The Balaban J connectivity index is 1.80. The molecule has 1 aromatic heterocycles. The molecule has 1 N–H and O–H groups in total. The Morgan fingerprint density at radius 2 is 2.38 bits per heavy atom. The van der Waals surface area contributed by atoms with Crippen molar-refractivity contribution in [1.29, 1.82) is 5.26 Å². The molecule has 0 aromatic carbocycles. The number of rotatable bonds is 4. The number of nitrogens with zero attached hydrogens (tertiary/aromatic N) is 2. The van der Waals surface area contributed by atoms with Crippen LogP contribution >= 0.6 is 0 Å². The maximum atomic E-state index is 8.62. The molecule has 0 aliphatic heterocycles. The normalized spacial score (nSPS) is 23.2. The van der Waals surface area contributed by atoms with E-state index in [9.17, 15) is 0 Å². The number of hydrogen-bond acceptors (Lipinski definition) is 4. The van der Waals surface area contributed by atoms with Gasteiger partial charge in [-0.05, 0) is 38.4 Å². The molecule has 2 rings (SSSR count). The number of nitriles is 1. The summed E-state index contributed by atoms with van der Waals surface area (Å²) in [4.78, 5) is 4.08. The van der Waals surface area contributed by atoms with Crippen LogP contribution < -0.4 is 10.1 Å². The standard InChI is InChI=1S/C12H15N3O/c1-14-7-10-4-11(5-10)16-12-3-2-9(6-13)8-15-12/h2-3,8,10-11,14H,4-5,7H2,1H3. The van der Waals surface area contributed by atoms with Crippen molar-refractivity contribution < 1.29 is 4.74 Å². The average molecular weight is 217 g/mol. The summed E-state index contributed by atoms with van der Waals surface area (Å²) in [5.74, 6) is 1.35. The number of aromatic nitrogens is 1. The second-order valence-corrected chi connectivity index (χ2v) is 4.13. The van der Waals surface area contributed by atoms with Gasteiger partial charge in [0, 0.05) is 12.3 Å². The summed E-state index contributed by atoms with van der Waals surface area (Å²) in [7, 11) is 1.97. The number of hydrogen-bond donors (Lipinski definition) is 1. The van der Waals surface area contributed by atoms with Crippen LogP contribution in [-0.2, 0) is 0 Å². The van der Waals surface area contributed by atoms with Crippen LogP contribution in [0.2, 0.25) is 0 Å². The fraction of sp³-hybridized carbons (Fsp3) is 0.500. The highest BCUT2D eigenvalue weighted by atomic mass is 16.5. The second kappa shape index (κ2) is 4.95. The number of pyridine rings is 1. The Kier molecular flexibility index (Phi) is 3.37. The van der Waals surface area contributed by atoms with Gasteiger partial charge in [0.15, 0.2) is 0 Å². The monoisotopic (exact) mass is 217 g/mol. The van der Waals surface area contributed by atoms with Crippen molar-refractivity contribution >= 4 is 0 Å². The first kappa shape index (κ1) is 10.9. The molecule has 0 atom stereocenters. The fourth-order valence-electron chi connectivity index (χ4n) is 1.91. The van der Waals surface area contributed by atoms with E-state index in [0.29, 0.717) is 17.5 Å². The van der Waals surface area contributed by atoms with Crippen LogP contribution in [0.15, 0.2) is 18.3 Å². The Labute approximate surface area is 95.3 Å². The molecule has 1 aliphatic rings. The van der Waals surface area contributed by atoms with Gasteiger partial charge < -0.3 is 10.1 Å². The molecule has 16 heavy (non-hydrogen) atoms. The second-order valence-electron chi connectivity index (χ2n) is 4.13. The number of ether oxygens (including phenoxy) is 1. The Morgan fingerprint density at radius 3 is 2.94 bits per heavy atom. The van der Waals surface area contributed by atoms with Gasteiger partial charge in [0.1, 0.15) is 12.2 Å². The van der Waals surface area contributed by atoms with Crippen LogP contribution in [0.25, 0.3) is 0 Å². The average Bonchev–Trinajstić information content (AvgIpc) is 2.27. The molecule has 0 unspecified atom stereocenters. The minimum Gasteiger partial charge on any atom is -0.474 e. The van der Waals surface area contributed by atoms with Gasteiger partial charge in [-0.1, -0.05) is 0 Å². The third kappa shape index (κ3) is 2.50. The van der Waals surface area contributed by atoms with Gasteiger partial charge >= 0.3 is 0 Å². The van der Waals surface area contributed by atoms with E-state index >= 15 is 0 Å². The lowest BCUT2D eigenvalue weighted by molar-refractivity contribution is 0.0617. The number of nitrogens with one attached hydrogen (secondary N) is 1. The summed E-state index contributed by atoms with van der Waals surface area (Å²) in [5.41, 5.74) is 0.564. The minimum atomic E-state index is 0.291. The van der Waals surface area contributed by atoms with Gasteiger partial charge in [-0.15, -0.1) is 0 Å². The molecule has 1 saturated carbocycles. The topological polar surface area (TPSA) is 57.9 Å². The lowest BCUT2D eigenvalue weighted by Gasteiger charge is -2.34. The summed E-state index contributed by atoms with van der Waals surface area (Å²) >= 11 is 0. The lowest BCUT2D eigenvalue weighted by Crippen LogP contribution is -2.38. The Hall–Kier alpha value is -1.60. The molecule has 1 fully saturated rings. The summed E-state index contributed by atoms with van der Waals surface area (Å²) in [6, 6.07) is 5.52. The molecule has 0 bridgehead atoms. The van der Waals surface area contributed by atoms with E-state index in [4.69, 9.17) is 10.00 Å². The maximum absolute atomic E-state index is 8.62. The zero-order valence-electron chi connectivity index (χ0n) is 9.31. The van der Waals surface area contributed by atoms with Crippen LogP contribution in [0.4, 0.5) is 0 Å².